The molecule has 1 aliphatic heterocycles. The van der Waals surface area contributed by atoms with Crippen molar-refractivity contribution in [1.82, 2.24) is 0 Å². The van der Waals surface area contributed by atoms with Crippen LogP contribution in [0, 0.1) is 6.92 Å². The molecule has 0 unspecified atom stereocenters. The second-order valence-corrected chi connectivity index (χ2v) is 5.90. The molecular weight excluding hydrogens is 210 g/mol. The van der Waals surface area contributed by atoms with Crippen LogP contribution in [0.4, 0.5) is 5.69 Å². The highest BCUT2D eigenvalue weighted by Crippen LogP contribution is 2.30. The fraction of sp³-hybridized carbons (Fsp3) is 0.533. The molecule has 1 amide bonds. The lowest BCUT2D eigenvalue weighted by molar-refractivity contribution is -0.117. The van der Waals surface area contributed by atoms with Gasteiger partial charge in [0.1, 0.15) is 0 Å². The number of hydrogen-bond acceptors (Lipinski definition) is 1. The van der Waals surface area contributed by atoms with E-state index in [0.29, 0.717) is 6.42 Å². The Morgan fingerprint density at radius 1 is 1.24 bits per heavy atom. The van der Waals surface area contributed by atoms with Gasteiger partial charge in [0.15, 0.2) is 0 Å². The van der Waals surface area contributed by atoms with E-state index in [4.69, 9.17) is 0 Å². The minimum Gasteiger partial charge on any atom is -0.312 e. The van der Waals surface area contributed by atoms with E-state index in [9.17, 15) is 4.79 Å². The summed E-state index contributed by atoms with van der Waals surface area (Å²) in [6.07, 6.45) is 1.68. The lowest BCUT2D eigenvalue weighted by atomic mass is 9.86. The molecule has 0 bridgehead atoms. The number of carbonyl (C=O) groups excluding carboxylic acids is 1. The number of rotatable bonds is 1. The number of anilines is 1. The summed E-state index contributed by atoms with van der Waals surface area (Å²) in [5.41, 5.74) is 3.77. The van der Waals surface area contributed by atoms with Crippen LogP contribution in [0.2, 0.25) is 0 Å². The third-order valence-corrected chi connectivity index (χ3v) is 3.43. The Bertz CT molecular complexity index is 443. The van der Waals surface area contributed by atoms with Gasteiger partial charge in [0.05, 0.1) is 0 Å². The van der Waals surface area contributed by atoms with Crippen LogP contribution in [-0.2, 0) is 10.2 Å². The van der Waals surface area contributed by atoms with Crippen LogP contribution in [0.25, 0.3) is 0 Å². The molecular formula is C15H21NO. The van der Waals surface area contributed by atoms with Gasteiger partial charge in [0.2, 0.25) is 5.91 Å². The largest absolute Gasteiger partial charge is 0.312 e. The first-order chi connectivity index (χ1) is 7.89. The molecule has 0 atom stereocenters. The Kier molecular flexibility index (Phi) is 2.98. The van der Waals surface area contributed by atoms with Gasteiger partial charge >= 0.3 is 0 Å². The third-order valence-electron chi connectivity index (χ3n) is 3.43. The molecule has 1 aliphatic rings. The quantitative estimate of drug-likeness (QED) is 0.725. The van der Waals surface area contributed by atoms with Crippen LogP contribution in [0.15, 0.2) is 18.2 Å². The van der Waals surface area contributed by atoms with Crippen LogP contribution in [-0.4, -0.2) is 12.5 Å². The summed E-state index contributed by atoms with van der Waals surface area (Å²) < 4.78 is 0. The van der Waals surface area contributed by atoms with Gasteiger partial charge in [-0.25, -0.2) is 0 Å². The van der Waals surface area contributed by atoms with Gasteiger partial charge in [-0.15, -0.1) is 0 Å². The summed E-state index contributed by atoms with van der Waals surface area (Å²) in [4.78, 5) is 13.7. The maximum absolute atomic E-state index is 11.7. The summed E-state index contributed by atoms with van der Waals surface area (Å²) >= 11 is 0. The molecule has 0 N–H and O–H groups in total. The van der Waals surface area contributed by atoms with Crippen molar-refractivity contribution >= 4 is 11.6 Å². The molecule has 0 spiro atoms. The van der Waals surface area contributed by atoms with Gasteiger partial charge in [0, 0.05) is 18.7 Å². The van der Waals surface area contributed by atoms with E-state index >= 15 is 0 Å². The van der Waals surface area contributed by atoms with Crippen molar-refractivity contribution in [2.45, 2.75) is 46.0 Å². The molecule has 1 aromatic rings. The number of hydrogen-bond donors (Lipinski definition) is 0. The molecule has 0 saturated carbocycles. The first kappa shape index (κ1) is 12.2. The number of aryl methyl sites for hydroxylation is 1. The smallest absolute Gasteiger partial charge is 0.227 e. The van der Waals surface area contributed by atoms with Crippen LogP contribution in [0.3, 0.4) is 0 Å². The molecule has 1 fully saturated rings. The van der Waals surface area contributed by atoms with Gasteiger partial charge in [0.25, 0.3) is 0 Å². The predicted molar refractivity (Wildman–Crippen MR) is 71.5 cm³/mol. The van der Waals surface area contributed by atoms with E-state index in [1.807, 2.05) is 4.90 Å². The van der Waals surface area contributed by atoms with Crippen molar-refractivity contribution in [1.29, 1.82) is 0 Å². The maximum atomic E-state index is 11.7. The molecule has 2 heteroatoms. The minimum atomic E-state index is 0.165. The first-order valence-corrected chi connectivity index (χ1v) is 6.31. The maximum Gasteiger partial charge on any atom is 0.227 e. The number of benzene rings is 1. The zero-order valence-electron chi connectivity index (χ0n) is 11.2. The van der Waals surface area contributed by atoms with Gasteiger partial charge in [-0.1, -0.05) is 32.9 Å². The Labute approximate surface area is 104 Å². The Balaban J connectivity index is 2.35. The monoisotopic (exact) mass is 231 g/mol. The second-order valence-electron chi connectivity index (χ2n) is 5.90. The highest BCUT2D eigenvalue weighted by Gasteiger charge is 2.23. The lowest BCUT2D eigenvalue weighted by Crippen LogP contribution is -2.24. The molecule has 2 nitrogen and oxygen atoms in total. The molecule has 92 valence electrons. The van der Waals surface area contributed by atoms with Crippen molar-refractivity contribution < 1.29 is 4.79 Å². The summed E-state index contributed by atoms with van der Waals surface area (Å²) in [6, 6.07) is 6.45. The van der Waals surface area contributed by atoms with Gasteiger partial charge in [-0.2, -0.15) is 0 Å². The van der Waals surface area contributed by atoms with Gasteiger partial charge in [-0.3, -0.25) is 4.79 Å². The third kappa shape index (κ3) is 2.36. The summed E-state index contributed by atoms with van der Waals surface area (Å²) in [5.74, 6) is 0.261. The van der Waals surface area contributed by atoms with E-state index in [0.717, 1.165) is 18.7 Å². The zero-order chi connectivity index (χ0) is 12.6. The first-order valence-electron chi connectivity index (χ1n) is 6.31. The van der Waals surface area contributed by atoms with Crippen LogP contribution < -0.4 is 4.90 Å². The summed E-state index contributed by atoms with van der Waals surface area (Å²) in [5, 5.41) is 0. The number of nitrogens with zero attached hydrogens (tertiary/aromatic N) is 1. The standard InChI is InChI=1S/C15H21NO/c1-11-10-12(15(2,3)4)7-8-13(11)16-9-5-6-14(16)17/h7-8,10H,5-6,9H2,1-4H3. The van der Waals surface area contributed by atoms with Gasteiger partial charge in [-0.05, 0) is 36.0 Å². The topological polar surface area (TPSA) is 20.3 Å². The Hall–Kier alpha value is -1.31. The summed E-state index contributed by atoms with van der Waals surface area (Å²) in [7, 11) is 0. The van der Waals surface area contributed by atoms with Gasteiger partial charge < -0.3 is 4.90 Å². The second kappa shape index (κ2) is 4.17. The van der Waals surface area contributed by atoms with Crippen molar-refractivity contribution in [3.05, 3.63) is 29.3 Å². The van der Waals surface area contributed by atoms with Crippen molar-refractivity contribution in [2.24, 2.45) is 0 Å². The molecule has 1 saturated heterocycles. The molecule has 17 heavy (non-hydrogen) atoms. The molecule has 0 aliphatic carbocycles. The summed E-state index contributed by atoms with van der Waals surface area (Å²) in [6.45, 7) is 9.60. The molecule has 0 aromatic heterocycles. The van der Waals surface area contributed by atoms with E-state index in [1.165, 1.54) is 11.1 Å². The predicted octanol–water partition coefficient (Wildman–Crippen LogP) is 3.42. The van der Waals surface area contributed by atoms with Crippen LogP contribution in [0.1, 0.15) is 44.7 Å². The highest BCUT2D eigenvalue weighted by molar-refractivity contribution is 5.96. The van der Waals surface area contributed by atoms with E-state index in [-0.39, 0.29) is 11.3 Å². The van der Waals surface area contributed by atoms with Crippen LogP contribution in [0.5, 0.6) is 0 Å². The molecule has 1 heterocycles. The van der Waals surface area contributed by atoms with Crippen LogP contribution >= 0.6 is 0 Å². The molecule has 1 aromatic carbocycles. The van der Waals surface area contributed by atoms with E-state index in [1.54, 1.807) is 0 Å². The van der Waals surface area contributed by atoms with Crippen molar-refractivity contribution in [3.8, 4) is 0 Å². The van der Waals surface area contributed by atoms with E-state index in [2.05, 4.69) is 45.9 Å². The fourth-order valence-corrected chi connectivity index (χ4v) is 2.33. The highest BCUT2D eigenvalue weighted by atomic mass is 16.2. The van der Waals surface area contributed by atoms with E-state index < -0.39 is 0 Å². The Morgan fingerprint density at radius 3 is 2.41 bits per heavy atom. The number of amides is 1. The molecule has 0 radical (unpaired) electrons. The zero-order valence-corrected chi connectivity index (χ0v) is 11.2. The minimum absolute atomic E-state index is 0.165. The average Bonchev–Trinajstić information content (AvgIpc) is 2.63. The van der Waals surface area contributed by atoms with Crippen molar-refractivity contribution in [2.75, 3.05) is 11.4 Å². The SMILES string of the molecule is Cc1cc(C(C)(C)C)ccc1N1CCCC1=O. The number of carbonyl (C=O) groups is 1. The fourth-order valence-electron chi connectivity index (χ4n) is 2.33. The average molecular weight is 231 g/mol. The van der Waals surface area contributed by atoms with Crippen molar-refractivity contribution in [3.63, 3.8) is 0 Å². The Morgan fingerprint density at radius 2 is 1.94 bits per heavy atom. The lowest BCUT2D eigenvalue weighted by Gasteiger charge is -2.23. The molecule has 2 rings (SSSR count). The normalized spacial score (nSPS) is 16.7.